The summed E-state index contributed by atoms with van der Waals surface area (Å²) in [5.74, 6) is 0.392. The molecular formula is C8H8N2O. The van der Waals surface area contributed by atoms with Gasteiger partial charge in [-0.3, -0.25) is 0 Å². The molecule has 0 saturated heterocycles. The summed E-state index contributed by atoms with van der Waals surface area (Å²) >= 11 is 0. The average molecular weight is 148 g/mol. The number of fused-ring (bicyclic) bond motifs is 1. The van der Waals surface area contributed by atoms with Crippen LogP contribution in [0.1, 0.15) is 5.56 Å². The second-order valence-electron chi connectivity index (χ2n) is 2.57. The number of nitrogens with zero attached hydrogens (tertiary/aromatic N) is 1. The van der Waals surface area contributed by atoms with Gasteiger partial charge >= 0.3 is 0 Å². The van der Waals surface area contributed by atoms with E-state index in [2.05, 4.69) is 5.16 Å². The Balaban J connectivity index is 2.87. The van der Waals surface area contributed by atoms with Gasteiger partial charge in [-0.05, 0) is 19.1 Å². The molecule has 0 spiro atoms. The summed E-state index contributed by atoms with van der Waals surface area (Å²) in [6, 6.07) is 5.83. The second-order valence-corrected chi connectivity index (χ2v) is 2.57. The van der Waals surface area contributed by atoms with Crippen molar-refractivity contribution in [3.05, 3.63) is 23.8 Å². The number of rotatable bonds is 0. The predicted octanol–water partition coefficient (Wildman–Crippen LogP) is 1.72. The maximum Gasteiger partial charge on any atom is 0.230 e. The molecule has 3 heteroatoms. The number of anilines is 1. The number of aromatic nitrogens is 1. The van der Waals surface area contributed by atoms with Crippen LogP contribution >= 0.6 is 0 Å². The molecule has 1 aromatic carbocycles. The summed E-state index contributed by atoms with van der Waals surface area (Å²) in [5.41, 5.74) is 7.49. The molecule has 0 amide bonds. The number of nitrogen functional groups attached to an aromatic ring is 1. The van der Waals surface area contributed by atoms with Crippen molar-refractivity contribution in [1.82, 2.24) is 5.16 Å². The number of benzene rings is 1. The maximum absolute atomic E-state index is 5.52. The molecule has 0 atom stereocenters. The Bertz CT molecular complexity index is 392. The third-order valence-corrected chi connectivity index (χ3v) is 1.66. The summed E-state index contributed by atoms with van der Waals surface area (Å²) < 4.78 is 4.80. The predicted molar refractivity (Wildman–Crippen MR) is 43.2 cm³/mol. The molecule has 0 bridgehead atoms. The van der Waals surface area contributed by atoms with Crippen LogP contribution in [0.25, 0.3) is 10.9 Å². The van der Waals surface area contributed by atoms with Crippen molar-refractivity contribution in [2.75, 3.05) is 5.73 Å². The van der Waals surface area contributed by atoms with Gasteiger partial charge in [0.1, 0.15) is 5.52 Å². The molecule has 0 aliphatic rings. The summed E-state index contributed by atoms with van der Waals surface area (Å²) in [6.45, 7) is 2.01. The molecule has 11 heavy (non-hydrogen) atoms. The Morgan fingerprint density at radius 1 is 1.45 bits per heavy atom. The first-order valence-electron chi connectivity index (χ1n) is 3.39. The van der Waals surface area contributed by atoms with Crippen LogP contribution in [0, 0.1) is 6.92 Å². The first-order chi connectivity index (χ1) is 5.27. The van der Waals surface area contributed by atoms with E-state index in [4.69, 9.17) is 10.3 Å². The molecule has 0 saturated carbocycles. The van der Waals surface area contributed by atoms with E-state index in [0.29, 0.717) is 5.88 Å². The van der Waals surface area contributed by atoms with Gasteiger partial charge in [0.25, 0.3) is 0 Å². The molecular weight excluding hydrogens is 140 g/mol. The molecule has 0 unspecified atom stereocenters. The molecule has 2 N–H and O–H groups in total. The lowest BCUT2D eigenvalue weighted by molar-refractivity contribution is 0.445. The normalized spacial score (nSPS) is 10.6. The maximum atomic E-state index is 5.52. The van der Waals surface area contributed by atoms with Crippen LogP contribution in [0.4, 0.5) is 5.88 Å². The lowest BCUT2D eigenvalue weighted by Gasteiger charge is -1.89. The van der Waals surface area contributed by atoms with Crippen molar-refractivity contribution in [3.63, 3.8) is 0 Å². The van der Waals surface area contributed by atoms with Crippen molar-refractivity contribution in [1.29, 1.82) is 0 Å². The zero-order chi connectivity index (χ0) is 7.84. The fraction of sp³-hybridized carbons (Fsp3) is 0.125. The van der Waals surface area contributed by atoms with E-state index in [1.54, 1.807) is 0 Å². The Kier molecular flexibility index (Phi) is 1.12. The monoisotopic (exact) mass is 148 g/mol. The van der Waals surface area contributed by atoms with Crippen LogP contribution < -0.4 is 5.73 Å². The van der Waals surface area contributed by atoms with Crippen molar-refractivity contribution in [3.8, 4) is 0 Å². The SMILES string of the molecule is Cc1ccc2noc(N)c2c1. The van der Waals surface area contributed by atoms with Crippen LogP contribution in [-0.4, -0.2) is 5.16 Å². The van der Waals surface area contributed by atoms with Gasteiger partial charge in [0.15, 0.2) is 0 Å². The highest BCUT2D eigenvalue weighted by atomic mass is 16.5. The van der Waals surface area contributed by atoms with Gasteiger partial charge in [-0.15, -0.1) is 0 Å². The lowest BCUT2D eigenvalue weighted by Crippen LogP contribution is -1.80. The number of hydrogen-bond donors (Lipinski definition) is 1. The zero-order valence-electron chi connectivity index (χ0n) is 6.16. The van der Waals surface area contributed by atoms with Crippen molar-refractivity contribution in [2.24, 2.45) is 0 Å². The quantitative estimate of drug-likeness (QED) is 0.618. The van der Waals surface area contributed by atoms with E-state index in [9.17, 15) is 0 Å². The third kappa shape index (κ3) is 0.852. The minimum Gasteiger partial charge on any atom is -0.367 e. The van der Waals surface area contributed by atoms with Gasteiger partial charge < -0.3 is 10.3 Å². The summed E-state index contributed by atoms with van der Waals surface area (Å²) in [7, 11) is 0. The number of hydrogen-bond acceptors (Lipinski definition) is 3. The Morgan fingerprint density at radius 3 is 3.09 bits per heavy atom. The smallest absolute Gasteiger partial charge is 0.230 e. The summed E-state index contributed by atoms with van der Waals surface area (Å²) in [4.78, 5) is 0. The summed E-state index contributed by atoms with van der Waals surface area (Å²) in [5, 5.41) is 4.65. The van der Waals surface area contributed by atoms with Gasteiger partial charge in [0, 0.05) is 0 Å². The minimum absolute atomic E-state index is 0.392. The molecule has 0 fully saturated rings. The molecule has 56 valence electrons. The van der Waals surface area contributed by atoms with Gasteiger partial charge in [0.05, 0.1) is 5.39 Å². The molecule has 0 aliphatic heterocycles. The molecule has 1 aromatic heterocycles. The zero-order valence-corrected chi connectivity index (χ0v) is 6.16. The highest BCUT2D eigenvalue weighted by molar-refractivity contribution is 5.87. The molecule has 1 heterocycles. The largest absolute Gasteiger partial charge is 0.367 e. The molecule has 2 rings (SSSR count). The van der Waals surface area contributed by atoms with Crippen LogP contribution in [0.2, 0.25) is 0 Å². The molecule has 0 aliphatic carbocycles. The minimum atomic E-state index is 0.392. The Labute approximate surface area is 63.8 Å². The average Bonchev–Trinajstić information content (AvgIpc) is 2.33. The van der Waals surface area contributed by atoms with Crippen molar-refractivity contribution in [2.45, 2.75) is 6.92 Å². The third-order valence-electron chi connectivity index (χ3n) is 1.66. The molecule has 2 aromatic rings. The van der Waals surface area contributed by atoms with Crippen molar-refractivity contribution >= 4 is 16.8 Å². The van der Waals surface area contributed by atoms with Crippen LogP contribution in [0.15, 0.2) is 22.7 Å². The van der Waals surface area contributed by atoms with Gasteiger partial charge in [-0.25, -0.2) is 0 Å². The van der Waals surface area contributed by atoms with Gasteiger partial charge in [0.2, 0.25) is 5.88 Å². The van der Waals surface area contributed by atoms with Crippen molar-refractivity contribution < 1.29 is 4.52 Å². The van der Waals surface area contributed by atoms with Crippen LogP contribution in [-0.2, 0) is 0 Å². The first kappa shape index (κ1) is 6.22. The van der Waals surface area contributed by atoms with E-state index in [1.807, 2.05) is 25.1 Å². The Hall–Kier alpha value is -1.51. The number of nitrogens with two attached hydrogens (primary N) is 1. The highest BCUT2D eigenvalue weighted by Crippen LogP contribution is 2.20. The first-order valence-corrected chi connectivity index (χ1v) is 3.39. The van der Waals surface area contributed by atoms with Gasteiger partial charge in [-0.2, -0.15) is 0 Å². The lowest BCUT2D eigenvalue weighted by atomic mass is 10.2. The summed E-state index contributed by atoms with van der Waals surface area (Å²) in [6.07, 6.45) is 0. The van der Waals surface area contributed by atoms with Crippen LogP contribution in [0.5, 0.6) is 0 Å². The standard InChI is InChI=1S/C8H8N2O/c1-5-2-3-7-6(4-5)8(9)11-10-7/h2-4H,9H2,1H3. The van der Waals surface area contributed by atoms with Crippen LogP contribution in [0.3, 0.4) is 0 Å². The fourth-order valence-electron chi connectivity index (χ4n) is 1.07. The van der Waals surface area contributed by atoms with E-state index < -0.39 is 0 Å². The van der Waals surface area contributed by atoms with E-state index >= 15 is 0 Å². The Morgan fingerprint density at radius 2 is 2.27 bits per heavy atom. The number of aryl methyl sites for hydroxylation is 1. The highest BCUT2D eigenvalue weighted by Gasteiger charge is 2.02. The fourth-order valence-corrected chi connectivity index (χ4v) is 1.07. The molecule has 3 nitrogen and oxygen atoms in total. The molecule has 0 radical (unpaired) electrons. The van der Waals surface area contributed by atoms with E-state index in [1.165, 1.54) is 0 Å². The van der Waals surface area contributed by atoms with E-state index in [0.717, 1.165) is 16.5 Å². The van der Waals surface area contributed by atoms with E-state index in [-0.39, 0.29) is 0 Å². The topological polar surface area (TPSA) is 52.0 Å². The second kappa shape index (κ2) is 1.99. The van der Waals surface area contributed by atoms with Gasteiger partial charge in [-0.1, -0.05) is 16.8 Å².